The number of ether oxygens (including phenoxy) is 2. The van der Waals surface area contributed by atoms with Crippen molar-refractivity contribution in [1.29, 1.82) is 0 Å². The lowest BCUT2D eigenvalue weighted by Gasteiger charge is -2.36. The fourth-order valence-electron chi connectivity index (χ4n) is 3.72. The van der Waals surface area contributed by atoms with Crippen LogP contribution in [0.5, 0.6) is 11.5 Å². The van der Waals surface area contributed by atoms with E-state index in [2.05, 4.69) is 0 Å². The number of aromatic nitrogens is 1. The molecule has 0 aliphatic carbocycles. The standard InChI is InChI=1S/C21H21FN2O4S/c1-27-17-9-10-19(28-2)20(14-17)29(25,26)24-13-12-23-11-3-4-18(23)21(24)15-5-7-16(22)8-6-15/h3-11,14,21H,12-13H2,1-2H3/t21-/m1/s1. The molecule has 1 atom stereocenters. The van der Waals surface area contributed by atoms with Crippen molar-refractivity contribution < 1.29 is 22.3 Å². The maximum Gasteiger partial charge on any atom is 0.247 e. The van der Waals surface area contributed by atoms with Crippen LogP contribution in [0, 0.1) is 5.82 Å². The first-order chi connectivity index (χ1) is 14.0. The van der Waals surface area contributed by atoms with Gasteiger partial charge >= 0.3 is 0 Å². The molecule has 0 fully saturated rings. The number of rotatable bonds is 5. The monoisotopic (exact) mass is 416 g/mol. The van der Waals surface area contributed by atoms with Gasteiger partial charge in [-0.15, -0.1) is 0 Å². The van der Waals surface area contributed by atoms with E-state index in [-0.39, 0.29) is 23.0 Å². The molecule has 29 heavy (non-hydrogen) atoms. The Morgan fingerprint density at radius 3 is 2.45 bits per heavy atom. The third-order valence-corrected chi connectivity index (χ3v) is 7.02. The van der Waals surface area contributed by atoms with Gasteiger partial charge in [0, 0.05) is 31.0 Å². The SMILES string of the molecule is COc1ccc(OC)c(S(=O)(=O)N2CCn3cccc3[C@H]2c2ccc(F)cc2)c1. The molecule has 152 valence electrons. The largest absolute Gasteiger partial charge is 0.497 e. The molecule has 0 radical (unpaired) electrons. The number of nitrogens with zero attached hydrogens (tertiary/aromatic N) is 2. The second-order valence-corrected chi connectivity index (χ2v) is 8.57. The predicted molar refractivity (Wildman–Crippen MR) is 106 cm³/mol. The van der Waals surface area contributed by atoms with Crippen LogP contribution in [0.25, 0.3) is 0 Å². The number of fused-ring (bicyclic) bond motifs is 1. The molecule has 0 saturated carbocycles. The minimum atomic E-state index is -3.94. The molecule has 0 bridgehead atoms. The van der Waals surface area contributed by atoms with Gasteiger partial charge in [-0.05, 0) is 42.0 Å². The molecule has 8 heteroatoms. The first-order valence-electron chi connectivity index (χ1n) is 9.10. The molecule has 1 aliphatic heterocycles. The Bertz CT molecular complexity index is 1130. The van der Waals surface area contributed by atoms with E-state index in [9.17, 15) is 12.8 Å². The van der Waals surface area contributed by atoms with Crippen molar-refractivity contribution in [1.82, 2.24) is 8.87 Å². The fraction of sp³-hybridized carbons (Fsp3) is 0.238. The first kappa shape index (κ1) is 19.5. The Balaban J connectivity index is 1.87. The van der Waals surface area contributed by atoms with Gasteiger partial charge in [-0.1, -0.05) is 12.1 Å². The molecule has 0 amide bonds. The summed E-state index contributed by atoms with van der Waals surface area (Å²) in [7, 11) is -1.03. The molecule has 0 spiro atoms. The molecule has 1 aliphatic rings. The van der Waals surface area contributed by atoms with E-state index >= 15 is 0 Å². The number of methoxy groups -OCH3 is 2. The highest BCUT2D eigenvalue weighted by Crippen LogP contribution is 2.39. The van der Waals surface area contributed by atoms with Crippen molar-refractivity contribution >= 4 is 10.0 Å². The summed E-state index contributed by atoms with van der Waals surface area (Å²) in [5.74, 6) is 0.288. The van der Waals surface area contributed by atoms with Gasteiger partial charge < -0.3 is 14.0 Å². The molecule has 6 nitrogen and oxygen atoms in total. The lowest BCUT2D eigenvalue weighted by Crippen LogP contribution is -2.42. The van der Waals surface area contributed by atoms with Crippen molar-refractivity contribution in [2.24, 2.45) is 0 Å². The van der Waals surface area contributed by atoms with Crippen molar-refractivity contribution in [2.45, 2.75) is 17.5 Å². The van der Waals surface area contributed by atoms with Gasteiger partial charge in [-0.3, -0.25) is 0 Å². The number of benzene rings is 2. The lowest BCUT2D eigenvalue weighted by atomic mass is 10.0. The summed E-state index contributed by atoms with van der Waals surface area (Å²) in [5, 5.41) is 0. The third kappa shape index (κ3) is 3.38. The van der Waals surface area contributed by atoms with Crippen LogP contribution < -0.4 is 9.47 Å². The highest BCUT2D eigenvalue weighted by Gasteiger charge is 2.39. The Hall–Kier alpha value is -2.84. The van der Waals surface area contributed by atoms with E-state index in [1.54, 1.807) is 24.3 Å². The zero-order valence-corrected chi connectivity index (χ0v) is 16.9. The smallest absolute Gasteiger partial charge is 0.247 e. The number of sulfonamides is 1. The molecule has 0 N–H and O–H groups in total. The summed E-state index contributed by atoms with van der Waals surface area (Å²) < 4.78 is 54.9. The van der Waals surface area contributed by atoms with Crippen LogP contribution in [0.3, 0.4) is 0 Å². The molecule has 1 aromatic heterocycles. The van der Waals surface area contributed by atoms with Gasteiger partial charge in [-0.2, -0.15) is 4.31 Å². The van der Waals surface area contributed by atoms with Gasteiger partial charge in [-0.25, -0.2) is 12.8 Å². The van der Waals surface area contributed by atoms with E-state index in [1.807, 2.05) is 22.9 Å². The summed E-state index contributed by atoms with van der Waals surface area (Å²) in [4.78, 5) is 0.0338. The van der Waals surface area contributed by atoms with Crippen LogP contribution in [0.15, 0.2) is 65.7 Å². The average molecular weight is 416 g/mol. The number of hydrogen-bond donors (Lipinski definition) is 0. The minimum absolute atomic E-state index is 0.0338. The molecular formula is C21H21FN2O4S. The number of halogens is 1. The second kappa shape index (κ2) is 7.53. The van der Waals surface area contributed by atoms with Crippen LogP contribution in [0.1, 0.15) is 17.3 Å². The van der Waals surface area contributed by atoms with Gasteiger partial charge in [0.05, 0.1) is 20.3 Å². The molecule has 0 saturated heterocycles. The quantitative estimate of drug-likeness (QED) is 0.639. The summed E-state index contributed by atoms with van der Waals surface area (Å²) in [6.45, 7) is 0.790. The van der Waals surface area contributed by atoms with Gasteiger partial charge in [0.1, 0.15) is 22.2 Å². The molecule has 2 aromatic carbocycles. The third-order valence-electron chi connectivity index (χ3n) is 5.14. The maximum atomic E-state index is 13.7. The minimum Gasteiger partial charge on any atom is -0.497 e. The highest BCUT2D eigenvalue weighted by atomic mass is 32.2. The van der Waals surface area contributed by atoms with Gasteiger partial charge in [0.2, 0.25) is 10.0 Å². The second-order valence-electron chi connectivity index (χ2n) is 6.71. The maximum absolute atomic E-state index is 13.7. The van der Waals surface area contributed by atoms with Crippen molar-refractivity contribution in [2.75, 3.05) is 20.8 Å². The Morgan fingerprint density at radius 1 is 1.00 bits per heavy atom. The Kier molecular flexibility index (Phi) is 5.06. The first-order valence-corrected chi connectivity index (χ1v) is 10.5. The highest BCUT2D eigenvalue weighted by molar-refractivity contribution is 7.89. The predicted octanol–water partition coefficient (Wildman–Crippen LogP) is 3.44. The van der Waals surface area contributed by atoms with Crippen molar-refractivity contribution in [3.8, 4) is 11.5 Å². The normalized spacial score (nSPS) is 17.0. The molecule has 0 unspecified atom stereocenters. The van der Waals surface area contributed by atoms with E-state index in [0.717, 1.165) is 5.69 Å². The molecule has 3 aromatic rings. The van der Waals surface area contributed by atoms with E-state index < -0.39 is 16.1 Å². The van der Waals surface area contributed by atoms with Crippen LogP contribution in [0.2, 0.25) is 0 Å². The van der Waals surface area contributed by atoms with Crippen LogP contribution in [-0.4, -0.2) is 38.1 Å². The molecule has 2 heterocycles. The van der Waals surface area contributed by atoms with E-state index in [4.69, 9.17) is 9.47 Å². The lowest BCUT2D eigenvalue weighted by molar-refractivity contribution is 0.296. The summed E-state index contributed by atoms with van der Waals surface area (Å²) in [6, 6.07) is 13.8. The van der Waals surface area contributed by atoms with Crippen LogP contribution in [0.4, 0.5) is 4.39 Å². The zero-order chi connectivity index (χ0) is 20.6. The van der Waals surface area contributed by atoms with Crippen molar-refractivity contribution in [3.05, 3.63) is 77.9 Å². The Labute approximate surface area is 169 Å². The van der Waals surface area contributed by atoms with Gasteiger partial charge in [0.15, 0.2) is 0 Å². The van der Waals surface area contributed by atoms with E-state index in [1.165, 1.54) is 36.7 Å². The summed E-state index contributed by atoms with van der Waals surface area (Å²) >= 11 is 0. The average Bonchev–Trinajstić information content (AvgIpc) is 3.22. The van der Waals surface area contributed by atoms with Crippen LogP contribution in [-0.2, 0) is 16.6 Å². The van der Waals surface area contributed by atoms with Crippen LogP contribution >= 0.6 is 0 Å². The van der Waals surface area contributed by atoms with E-state index in [0.29, 0.717) is 17.9 Å². The number of hydrogen-bond acceptors (Lipinski definition) is 4. The topological polar surface area (TPSA) is 60.8 Å². The summed E-state index contributed by atoms with van der Waals surface area (Å²) in [6.07, 6.45) is 1.92. The molecule has 4 rings (SSSR count). The zero-order valence-electron chi connectivity index (χ0n) is 16.1. The van der Waals surface area contributed by atoms with Crippen molar-refractivity contribution in [3.63, 3.8) is 0 Å². The fourth-order valence-corrected chi connectivity index (χ4v) is 5.47. The Morgan fingerprint density at radius 2 is 1.76 bits per heavy atom. The van der Waals surface area contributed by atoms with Gasteiger partial charge in [0.25, 0.3) is 0 Å². The summed E-state index contributed by atoms with van der Waals surface area (Å²) in [5.41, 5.74) is 1.52. The molecular weight excluding hydrogens is 395 g/mol.